The summed E-state index contributed by atoms with van der Waals surface area (Å²) in [6, 6.07) is 4.04. The SMILES string of the molecule is c1cncc(Cn2cnnc2C2CCNCC2)c1. The predicted molar refractivity (Wildman–Crippen MR) is 68.2 cm³/mol. The molecular formula is C13H17N5. The fourth-order valence-electron chi connectivity index (χ4n) is 2.47. The second-order valence-electron chi connectivity index (χ2n) is 4.70. The van der Waals surface area contributed by atoms with Crippen LogP contribution in [-0.4, -0.2) is 32.8 Å². The molecule has 3 heterocycles. The molecular weight excluding hydrogens is 226 g/mol. The summed E-state index contributed by atoms with van der Waals surface area (Å²) in [5, 5.41) is 11.7. The minimum atomic E-state index is 0.533. The Kier molecular flexibility index (Phi) is 3.32. The van der Waals surface area contributed by atoms with Gasteiger partial charge in [-0.3, -0.25) is 4.98 Å². The smallest absolute Gasteiger partial charge is 0.136 e. The molecule has 3 rings (SSSR count). The summed E-state index contributed by atoms with van der Waals surface area (Å²) >= 11 is 0. The van der Waals surface area contributed by atoms with Crippen molar-refractivity contribution in [1.82, 2.24) is 25.1 Å². The summed E-state index contributed by atoms with van der Waals surface area (Å²) in [4.78, 5) is 4.14. The Bertz CT molecular complexity index is 487. The first-order valence-corrected chi connectivity index (χ1v) is 6.41. The number of piperidine rings is 1. The molecule has 5 heteroatoms. The molecule has 0 saturated carbocycles. The zero-order valence-corrected chi connectivity index (χ0v) is 10.3. The van der Waals surface area contributed by atoms with Gasteiger partial charge >= 0.3 is 0 Å². The summed E-state index contributed by atoms with van der Waals surface area (Å²) in [5.41, 5.74) is 1.19. The van der Waals surface area contributed by atoms with Gasteiger partial charge in [0, 0.05) is 18.3 Å². The lowest BCUT2D eigenvalue weighted by Crippen LogP contribution is -2.28. The average molecular weight is 243 g/mol. The molecule has 1 N–H and O–H groups in total. The van der Waals surface area contributed by atoms with Crippen LogP contribution in [-0.2, 0) is 6.54 Å². The Labute approximate surface area is 106 Å². The van der Waals surface area contributed by atoms with E-state index < -0.39 is 0 Å². The maximum Gasteiger partial charge on any atom is 0.136 e. The monoisotopic (exact) mass is 243 g/mol. The molecule has 94 valence electrons. The Balaban J connectivity index is 1.78. The van der Waals surface area contributed by atoms with Gasteiger partial charge in [-0.25, -0.2) is 0 Å². The Morgan fingerprint density at radius 2 is 2.22 bits per heavy atom. The Morgan fingerprint density at radius 3 is 3.00 bits per heavy atom. The van der Waals surface area contributed by atoms with Crippen LogP contribution in [0.15, 0.2) is 30.9 Å². The highest BCUT2D eigenvalue weighted by Crippen LogP contribution is 2.23. The van der Waals surface area contributed by atoms with Crippen molar-refractivity contribution in [2.75, 3.05) is 13.1 Å². The van der Waals surface area contributed by atoms with Gasteiger partial charge in [-0.2, -0.15) is 0 Å². The third-order valence-electron chi connectivity index (χ3n) is 3.43. The van der Waals surface area contributed by atoms with Crippen LogP contribution in [0, 0.1) is 0 Å². The standard InChI is InChI=1S/C13H17N5/c1-2-11(8-15-5-1)9-18-10-16-17-13(18)12-3-6-14-7-4-12/h1-2,5,8,10,12,14H,3-4,6-7,9H2. The zero-order valence-electron chi connectivity index (χ0n) is 10.3. The molecule has 0 radical (unpaired) electrons. The molecule has 2 aromatic rings. The highest BCUT2D eigenvalue weighted by molar-refractivity contribution is 5.11. The quantitative estimate of drug-likeness (QED) is 0.879. The van der Waals surface area contributed by atoms with Crippen molar-refractivity contribution in [2.45, 2.75) is 25.3 Å². The number of hydrogen-bond acceptors (Lipinski definition) is 4. The van der Waals surface area contributed by atoms with Crippen molar-refractivity contribution in [1.29, 1.82) is 0 Å². The van der Waals surface area contributed by atoms with E-state index in [0.717, 1.165) is 38.3 Å². The summed E-state index contributed by atoms with van der Waals surface area (Å²) in [6.45, 7) is 2.95. The normalized spacial score (nSPS) is 16.9. The second kappa shape index (κ2) is 5.27. The van der Waals surface area contributed by atoms with E-state index in [2.05, 4.69) is 31.1 Å². The topological polar surface area (TPSA) is 55.6 Å². The lowest BCUT2D eigenvalue weighted by Gasteiger charge is -2.22. The van der Waals surface area contributed by atoms with Gasteiger partial charge in [0.15, 0.2) is 0 Å². The van der Waals surface area contributed by atoms with E-state index in [1.807, 2.05) is 18.6 Å². The van der Waals surface area contributed by atoms with Gasteiger partial charge in [0.2, 0.25) is 0 Å². The first-order valence-electron chi connectivity index (χ1n) is 6.41. The van der Waals surface area contributed by atoms with Crippen LogP contribution in [0.2, 0.25) is 0 Å². The van der Waals surface area contributed by atoms with Crippen molar-refractivity contribution in [3.63, 3.8) is 0 Å². The van der Waals surface area contributed by atoms with E-state index in [0.29, 0.717) is 5.92 Å². The number of pyridine rings is 1. The van der Waals surface area contributed by atoms with Gasteiger partial charge < -0.3 is 9.88 Å². The zero-order chi connectivity index (χ0) is 12.2. The minimum absolute atomic E-state index is 0.533. The average Bonchev–Trinajstić information content (AvgIpc) is 2.89. The first kappa shape index (κ1) is 11.3. The van der Waals surface area contributed by atoms with Crippen molar-refractivity contribution in [2.24, 2.45) is 0 Å². The lowest BCUT2D eigenvalue weighted by molar-refractivity contribution is 0.433. The van der Waals surface area contributed by atoms with E-state index in [1.54, 1.807) is 6.20 Å². The number of nitrogens with zero attached hydrogens (tertiary/aromatic N) is 4. The molecule has 0 bridgehead atoms. The van der Waals surface area contributed by atoms with E-state index >= 15 is 0 Å². The van der Waals surface area contributed by atoms with Gasteiger partial charge in [-0.05, 0) is 37.6 Å². The van der Waals surface area contributed by atoms with Crippen LogP contribution in [0.5, 0.6) is 0 Å². The summed E-state index contributed by atoms with van der Waals surface area (Å²) < 4.78 is 2.15. The maximum absolute atomic E-state index is 4.30. The number of nitrogens with one attached hydrogen (secondary N) is 1. The number of hydrogen-bond donors (Lipinski definition) is 1. The molecule has 0 atom stereocenters. The molecule has 0 amide bonds. The van der Waals surface area contributed by atoms with Crippen LogP contribution in [0.1, 0.15) is 30.1 Å². The van der Waals surface area contributed by atoms with Crippen LogP contribution in [0.25, 0.3) is 0 Å². The summed E-state index contributed by atoms with van der Waals surface area (Å²) in [5.74, 6) is 1.64. The Hall–Kier alpha value is -1.75. The fourth-order valence-corrected chi connectivity index (χ4v) is 2.47. The second-order valence-corrected chi connectivity index (χ2v) is 4.70. The van der Waals surface area contributed by atoms with Gasteiger partial charge in [0.25, 0.3) is 0 Å². The molecule has 0 unspecified atom stereocenters. The third-order valence-corrected chi connectivity index (χ3v) is 3.43. The van der Waals surface area contributed by atoms with Gasteiger partial charge in [0.1, 0.15) is 12.2 Å². The molecule has 1 fully saturated rings. The molecule has 1 saturated heterocycles. The predicted octanol–water partition coefficient (Wildman–Crippen LogP) is 1.19. The highest BCUT2D eigenvalue weighted by Gasteiger charge is 2.20. The van der Waals surface area contributed by atoms with E-state index in [1.165, 1.54) is 5.56 Å². The van der Waals surface area contributed by atoms with Gasteiger partial charge in [0.05, 0.1) is 6.54 Å². The summed E-state index contributed by atoms with van der Waals surface area (Å²) in [6.07, 6.45) is 7.80. The van der Waals surface area contributed by atoms with Gasteiger partial charge in [-0.15, -0.1) is 10.2 Å². The van der Waals surface area contributed by atoms with Crippen molar-refractivity contribution in [3.8, 4) is 0 Å². The third kappa shape index (κ3) is 2.41. The first-order chi connectivity index (χ1) is 8.93. The van der Waals surface area contributed by atoms with Crippen molar-refractivity contribution < 1.29 is 0 Å². The van der Waals surface area contributed by atoms with Crippen LogP contribution in [0.3, 0.4) is 0 Å². The molecule has 0 spiro atoms. The molecule has 0 aliphatic carbocycles. The number of aromatic nitrogens is 4. The van der Waals surface area contributed by atoms with Crippen LogP contribution >= 0.6 is 0 Å². The molecule has 2 aromatic heterocycles. The number of rotatable bonds is 3. The molecule has 18 heavy (non-hydrogen) atoms. The molecule has 5 nitrogen and oxygen atoms in total. The molecule has 1 aliphatic rings. The van der Waals surface area contributed by atoms with Crippen molar-refractivity contribution >= 4 is 0 Å². The maximum atomic E-state index is 4.30. The largest absolute Gasteiger partial charge is 0.317 e. The fraction of sp³-hybridized carbons (Fsp3) is 0.462. The van der Waals surface area contributed by atoms with E-state index in [-0.39, 0.29) is 0 Å². The summed E-state index contributed by atoms with van der Waals surface area (Å²) in [7, 11) is 0. The van der Waals surface area contributed by atoms with E-state index in [4.69, 9.17) is 0 Å². The minimum Gasteiger partial charge on any atom is -0.317 e. The Morgan fingerprint density at radius 1 is 1.33 bits per heavy atom. The van der Waals surface area contributed by atoms with E-state index in [9.17, 15) is 0 Å². The molecule has 1 aliphatic heterocycles. The van der Waals surface area contributed by atoms with Gasteiger partial charge in [-0.1, -0.05) is 6.07 Å². The van der Waals surface area contributed by atoms with Crippen LogP contribution in [0.4, 0.5) is 0 Å². The lowest BCUT2D eigenvalue weighted by atomic mass is 9.97. The van der Waals surface area contributed by atoms with Crippen LogP contribution < -0.4 is 5.32 Å². The van der Waals surface area contributed by atoms with Crippen molar-refractivity contribution in [3.05, 3.63) is 42.2 Å². The highest BCUT2D eigenvalue weighted by atomic mass is 15.3. The molecule has 0 aromatic carbocycles.